The quantitative estimate of drug-likeness (QED) is 0.553. The van der Waals surface area contributed by atoms with E-state index in [2.05, 4.69) is 24.4 Å². The maximum atomic E-state index is 6.08. The Balaban J connectivity index is 2.37. The third-order valence-corrected chi connectivity index (χ3v) is 3.41. The van der Waals surface area contributed by atoms with Gasteiger partial charge in [-0.25, -0.2) is 0 Å². The van der Waals surface area contributed by atoms with Crippen LogP contribution in [-0.4, -0.2) is 39.4 Å². The lowest BCUT2D eigenvalue weighted by Gasteiger charge is -2.29. The molecule has 0 heterocycles. The Kier molecular flexibility index (Phi) is 7.28. The SMILES string of the molecule is COCCOCCNC(C)(CCl)c1ccccc1. The Bertz CT molecular complexity index is 321. The number of ether oxygens (including phenoxy) is 2. The topological polar surface area (TPSA) is 30.5 Å². The van der Waals surface area contributed by atoms with E-state index in [9.17, 15) is 0 Å². The second-order valence-corrected chi connectivity index (χ2v) is 4.63. The van der Waals surface area contributed by atoms with Gasteiger partial charge in [0.2, 0.25) is 0 Å². The largest absolute Gasteiger partial charge is 0.382 e. The van der Waals surface area contributed by atoms with Crippen molar-refractivity contribution >= 4 is 11.6 Å². The van der Waals surface area contributed by atoms with E-state index in [0.717, 1.165) is 6.54 Å². The van der Waals surface area contributed by atoms with E-state index in [1.54, 1.807) is 7.11 Å². The summed E-state index contributed by atoms with van der Waals surface area (Å²) < 4.78 is 10.3. The Hall–Kier alpha value is -0.610. The van der Waals surface area contributed by atoms with Crippen molar-refractivity contribution in [2.45, 2.75) is 12.5 Å². The van der Waals surface area contributed by atoms with E-state index in [1.165, 1.54) is 5.56 Å². The molecule has 0 aromatic heterocycles. The van der Waals surface area contributed by atoms with Crippen molar-refractivity contribution in [3.63, 3.8) is 0 Å². The zero-order valence-corrected chi connectivity index (χ0v) is 11.9. The Morgan fingerprint density at radius 1 is 1.17 bits per heavy atom. The average Bonchev–Trinajstić information content (AvgIpc) is 2.43. The van der Waals surface area contributed by atoms with Crippen LogP contribution >= 0.6 is 11.6 Å². The fourth-order valence-corrected chi connectivity index (χ4v) is 1.92. The molecule has 0 saturated heterocycles. The smallest absolute Gasteiger partial charge is 0.0700 e. The molecule has 1 rings (SSSR count). The molecule has 4 heteroatoms. The van der Waals surface area contributed by atoms with Crippen molar-refractivity contribution in [2.75, 3.05) is 39.4 Å². The molecule has 0 spiro atoms. The van der Waals surface area contributed by atoms with Crippen LogP contribution in [0.15, 0.2) is 30.3 Å². The number of benzene rings is 1. The minimum absolute atomic E-state index is 0.215. The van der Waals surface area contributed by atoms with Crippen LogP contribution in [0.4, 0.5) is 0 Å². The van der Waals surface area contributed by atoms with Gasteiger partial charge in [-0.3, -0.25) is 0 Å². The van der Waals surface area contributed by atoms with Gasteiger partial charge in [-0.15, -0.1) is 11.6 Å². The van der Waals surface area contributed by atoms with Gasteiger partial charge in [0.1, 0.15) is 0 Å². The first-order valence-corrected chi connectivity index (χ1v) is 6.69. The van der Waals surface area contributed by atoms with E-state index in [-0.39, 0.29) is 5.54 Å². The molecule has 0 aliphatic heterocycles. The fourth-order valence-electron chi connectivity index (χ4n) is 1.68. The Morgan fingerprint density at radius 3 is 2.50 bits per heavy atom. The predicted octanol–water partition coefficient (Wildman–Crippen LogP) is 2.39. The van der Waals surface area contributed by atoms with Gasteiger partial charge < -0.3 is 14.8 Å². The van der Waals surface area contributed by atoms with Crippen LogP contribution in [-0.2, 0) is 15.0 Å². The number of alkyl halides is 1. The molecule has 18 heavy (non-hydrogen) atoms. The third-order valence-electron chi connectivity index (χ3n) is 2.87. The van der Waals surface area contributed by atoms with E-state index >= 15 is 0 Å². The van der Waals surface area contributed by atoms with E-state index < -0.39 is 0 Å². The standard InChI is InChI=1S/C14H22ClNO2/c1-14(12-15,13-6-4-3-5-7-13)16-8-9-18-11-10-17-2/h3-7,16H,8-12H2,1-2H3. The van der Waals surface area contributed by atoms with Crippen LogP contribution in [0.2, 0.25) is 0 Å². The first kappa shape index (κ1) is 15.4. The number of hydrogen-bond acceptors (Lipinski definition) is 3. The van der Waals surface area contributed by atoms with Crippen LogP contribution in [0.5, 0.6) is 0 Å². The molecule has 1 unspecified atom stereocenters. The summed E-state index contributed by atoms with van der Waals surface area (Å²) in [7, 11) is 1.67. The molecular weight excluding hydrogens is 250 g/mol. The second-order valence-electron chi connectivity index (χ2n) is 4.36. The lowest BCUT2D eigenvalue weighted by Crippen LogP contribution is -2.43. The molecule has 0 bridgehead atoms. The molecule has 0 radical (unpaired) electrons. The summed E-state index contributed by atoms with van der Waals surface area (Å²) in [4.78, 5) is 0. The molecule has 0 aliphatic rings. The third kappa shape index (κ3) is 4.94. The van der Waals surface area contributed by atoms with Gasteiger partial charge >= 0.3 is 0 Å². The minimum atomic E-state index is -0.215. The Morgan fingerprint density at radius 2 is 1.89 bits per heavy atom. The van der Waals surface area contributed by atoms with Crippen molar-refractivity contribution in [1.29, 1.82) is 0 Å². The van der Waals surface area contributed by atoms with Crippen molar-refractivity contribution in [1.82, 2.24) is 5.32 Å². The van der Waals surface area contributed by atoms with Crippen LogP contribution < -0.4 is 5.32 Å². The predicted molar refractivity (Wildman–Crippen MR) is 75.2 cm³/mol. The number of nitrogens with one attached hydrogen (secondary N) is 1. The van der Waals surface area contributed by atoms with E-state index in [0.29, 0.717) is 25.7 Å². The number of methoxy groups -OCH3 is 1. The maximum absolute atomic E-state index is 6.08. The lowest BCUT2D eigenvalue weighted by atomic mass is 9.94. The summed E-state index contributed by atoms with van der Waals surface area (Å²) in [6.45, 7) is 4.78. The Labute approximate surface area is 114 Å². The lowest BCUT2D eigenvalue weighted by molar-refractivity contribution is 0.0696. The van der Waals surface area contributed by atoms with E-state index in [4.69, 9.17) is 21.1 Å². The summed E-state index contributed by atoms with van der Waals surface area (Å²) in [5.41, 5.74) is 0.977. The molecule has 102 valence electrons. The molecule has 0 fully saturated rings. The summed E-state index contributed by atoms with van der Waals surface area (Å²) in [5.74, 6) is 0.523. The van der Waals surface area contributed by atoms with Gasteiger partial charge in [0.05, 0.1) is 25.4 Å². The molecular formula is C14H22ClNO2. The highest BCUT2D eigenvalue weighted by Crippen LogP contribution is 2.21. The highest BCUT2D eigenvalue weighted by Gasteiger charge is 2.24. The molecule has 3 nitrogen and oxygen atoms in total. The molecule has 0 aliphatic carbocycles. The average molecular weight is 272 g/mol. The zero-order chi connectivity index (χ0) is 13.3. The summed E-state index contributed by atoms with van der Waals surface area (Å²) >= 11 is 6.08. The number of hydrogen-bond donors (Lipinski definition) is 1. The van der Waals surface area contributed by atoms with Crippen LogP contribution in [0.25, 0.3) is 0 Å². The van der Waals surface area contributed by atoms with Gasteiger partial charge in [0.15, 0.2) is 0 Å². The highest BCUT2D eigenvalue weighted by atomic mass is 35.5. The first-order chi connectivity index (χ1) is 8.73. The monoisotopic (exact) mass is 271 g/mol. The minimum Gasteiger partial charge on any atom is -0.382 e. The second kappa shape index (κ2) is 8.48. The molecule has 1 atom stereocenters. The normalized spacial score (nSPS) is 14.4. The van der Waals surface area contributed by atoms with E-state index in [1.807, 2.05) is 18.2 Å². The van der Waals surface area contributed by atoms with Crippen LogP contribution in [0.3, 0.4) is 0 Å². The summed E-state index contributed by atoms with van der Waals surface area (Å²) in [5, 5.41) is 3.44. The van der Waals surface area contributed by atoms with Gasteiger partial charge in [-0.2, -0.15) is 0 Å². The van der Waals surface area contributed by atoms with Gasteiger partial charge in [-0.05, 0) is 12.5 Å². The maximum Gasteiger partial charge on any atom is 0.0700 e. The van der Waals surface area contributed by atoms with Crippen molar-refractivity contribution in [3.05, 3.63) is 35.9 Å². The summed E-state index contributed by atoms with van der Waals surface area (Å²) in [6.07, 6.45) is 0. The first-order valence-electron chi connectivity index (χ1n) is 6.16. The number of rotatable bonds is 9. The van der Waals surface area contributed by atoms with Crippen LogP contribution in [0, 0.1) is 0 Å². The fraction of sp³-hybridized carbons (Fsp3) is 0.571. The number of halogens is 1. The molecule has 1 aromatic carbocycles. The molecule has 1 N–H and O–H groups in total. The van der Waals surface area contributed by atoms with Crippen molar-refractivity contribution < 1.29 is 9.47 Å². The van der Waals surface area contributed by atoms with Gasteiger partial charge in [-0.1, -0.05) is 30.3 Å². The molecule has 1 aromatic rings. The van der Waals surface area contributed by atoms with Gasteiger partial charge in [0, 0.05) is 19.5 Å². The highest BCUT2D eigenvalue weighted by molar-refractivity contribution is 6.18. The molecule has 0 saturated carbocycles. The summed E-state index contributed by atoms with van der Waals surface area (Å²) in [6, 6.07) is 10.2. The molecule has 0 amide bonds. The van der Waals surface area contributed by atoms with Gasteiger partial charge in [0.25, 0.3) is 0 Å². The zero-order valence-electron chi connectivity index (χ0n) is 11.1. The van der Waals surface area contributed by atoms with Crippen LogP contribution in [0.1, 0.15) is 12.5 Å². The van der Waals surface area contributed by atoms with Crippen molar-refractivity contribution in [2.24, 2.45) is 0 Å². The van der Waals surface area contributed by atoms with Crippen molar-refractivity contribution in [3.8, 4) is 0 Å².